The second kappa shape index (κ2) is 10.7. The van der Waals surface area contributed by atoms with Crippen LogP contribution in [0.4, 0.5) is 0 Å². The maximum absolute atomic E-state index is 12.5. The van der Waals surface area contributed by atoms with E-state index in [0.29, 0.717) is 17.2 Å². The number of hydrazine groups is 1. The lowest BCUT2D eigenvalue weighted by Crippen LogP contribution is -2.43. The molecule has 9 heteroatoms. The Balaban J connectivity index is 2.06. The zero-order valence-corrected chi connectivity index (χ0v) is 17.3. The minimum atomic E-state index is -0.571. The van der Waals surface area contributed by atoms with Crippen molar-refractivity contribution in [3.63, 3.8) is 0 Å². The lowest BCUT2D eigenvalue weighted by atomic mass is 10.0. The Hall–Kier alpha value is -3.75. The standard InChI is InChI=1S/C21H25N3O6/c1-13(25)22-16(14-8-6-5-7-9-14)12-19(26)23-24-21(27)15-10-17(28-2)20(30-4)18(11-15)29-3/h5-11,16H,12H2,1-4H3,(H,22,25)(H,23,26)(H,24,27)/t16-/m1/s1. The van der Waals surface area contributed by atoms with Crippen LogP contribution in [0, 0.1) is 0 Å². The van der Waals surface area contributed by atoms with Crippen LogP contribution >= 0.6 is 0 Å². The fraction of sp³-hybridized carbons (Fsp3) is 0.286. The average molecular weight is 415 g/mol. The van der Waals surface area contributed by atoms with Crippen molar-refractivity contribution in [1.29, 1.82) is 0 Å². The van der Waals surface area contributed by atoms with Crippen molar-refractivity contribution >= 4 is 17.7 Å². The zero-order chi connectivity index (χ0) is 22.1. The molecule has 1 atom stereocenters. The molecule has 0 radical (unpaired) electrons. The summed E-state index contributed by atoms with van der Waals surface area (Å²) < 4.78 is 15.7. The molecule has 3 amide bonds. The van der Waals surface area contributed by atoms with Gasteiger partial charge in [-0.15, -0.1) is 0 Å². The summed E-state index contributed by atoms with van der Waals surface area (Å²) in [5.74, 6) is -0.345. The van der Waals surface area contributed by atoms with E-state index in [0.717, 1.165) is 5.56 Å². The van der Waals surface area contributed by atoms with Gasteiger partial charge in [-0.1, -0.05) is 30.3 Å². The van der Waals surface area contributed by atoms with Gasteiger partial charge in [0.05, 0.1) is 33.8 Å². The number of carbonyl (C=O) groups is 3. The van der Waals surface area contributed by atoms with Gasteiger partial charge >= 0.3 is 0 Å². The predicted octanol–water partition coefficient (Wildman–Crippen LogP) is 1.74. The summed E-state index contributed by atoms with van der Waals surface area (Å²) in [7, 11) is 4.33. The van der Waals surface area contributed by atoms with Crippen LogP contribution < -0.4 is 30.4 Å². The maximum Gasteiger partial charge on any atom is 0.269 e. The van der Waals surface area contributed by atoms with Crippen molar-refractivity contribution in [2.75, 3.05) is 21.3 Å². The molecule has 2 aromatic rings. The predicted molar refractivity (Wildman–Crippen MR) is 109 cm³/mol. The first-order valence-electron chi connectivity index (χ1n) is 9.10. The van der Waals surface area contributed by atoms with E-state index in [1.807, 2.05) is 30.3 Å². The highest BCUT2D eigenvalue weighted by atomic mass is 16.5. The first kappa shape index (κ1) is 22.5. The number of ether oxygens (including phenoxy) is 3. The highest BCUT2D eigenvalue weighted by molar-refractivity contribution is 5.96. The van der Waals surface area contributed by atoms with E-state index in [1.165, 1.54) is 40.4 Å². The molecule has 0 unspecified atom stereocenters. The van der Waals surface area contributed by atoms with Gasteiger partial charge in [-0.05, 0) is 17.7 Å². The van der Waals surface area contributed by atoms with Crippen LogP contribution in [-0.2, 0) is 9.59 Å². The minimum absolute atomic E-state index is 0.0564. The van der Waals surface area contributed by atoms with E-state index in [9.17, 15) is 14.4 Å². The first-order chi connectivity index (χ1) is 14.4. The Morgan fingerprint density at radius 2 is 1.50 bits per heavy atom. The lowest BCUT2D eigenvalue weighted by molar-refractivity contribution is -0.123. The summed E-state index contributed by atoms with van der Waals surface area (Å²) in [6, 6.07) is 11.5. The molecule has 0 saturated heterocycles. The number of methoxy groups -OCH3 is 3. The summed E-state index contributed by atoms with van der Waals surface area (Å²) in [6.45, 7) is 1.38. The van der Waals surface area contributed by atoms with Gasteiger partial charge in [0.25, 0.3) is 5.91 Å². The Kier molecular flexibility index (Phi) is 8.04. The molecule has 160 valence electrons. The number of rotatable bonds is 8. The van der Waals surface area contributed by atoms with Gasteiger partial charge < -0.3 is 19.5 Å². The Labute approximate surface area is 174 Å². The van der Waals surface area contributed by atoms with Crippen LogP contribution in [0.1, 0.15) is 35.3 Å². The van der Waals surface area contributed by atoms with E-state index in [2.05, 4.69) is 16.2 Å². The number of hydrogen-bond donors (Lipinski definition) is 3. The molecule has 9 nitrogen and oxygen atoms in total. The van der Waals surface area contributed by atoms with Gasteiger partial charge in [-0.2, -0.15) is 0 Å². The molecule has 2 rings (SSSR count). The third-order valence-corrected chi connectivity index (χ3v) is 4.21. The lowest BCUT2D eigenvalue weighted by Gasteiger charge is -2.18. The van der Waals surface area contributed by atoms with E-state index < -0.39 is 17.9 Å². The summed E-state index contributed by atoms with van der Waals surface area (Å²) in [5.41, 5.74) is 5.68. The van der Waals surface area contributed by atoms with Gasteiger partial charge in [0.15, 0.2) is 11.5 Å². The fourth-order valence-corrected chi connectivity index (χ4v) is 2.83. The maximum atomic E-state index is 12.5. The van der Waals surface area contributed by atoms with Crippen LogP contribution in [-0.4, -0.2) is 39.1 Å². The van der Waals surface area contributed by atoms with Gasteiger partial charge in [-0.25, -0.2) is 0 Å². The molecule has 0 bridgehead atoms. The Bertz CT molecular complexity index is 876. The van der Waals surface area contributed by atoms with Crippen LogP contribution in [0.25, 0.3) is 0 Å². The van der Waals surface area contributed by atoms with Crippen LogP contribution in [0.2, 0.25) is 0 Å². The number of benzene rings is 2. The normalized spacial score (nSPS) is 11.1. The fourth-order valence-electron chi connectivity index (χ4n) is 2.83. The molecule has 0 heterocycles. The average Bonchev–Trinajstić information content (AvgIpc) is 2.76. The Morgan fingerprint density at radius 1 is 0.900 bits per heavy atom. The zero-order valence-electron chi connectivity index (χ0n) is 17.3. The largest absolute Gasteiger partial charge is 0.493 e. The van der Waals surface area contributed by atoms with E-state index >= 15 is 0 Å². The smallest absolute Gasteiger partial charge is 0.269 e. The van der Waals surface area contributed by atoms with Crippen molar-refractivity contribution in [3.8, 4) is 17.2 Å². The molecular weight excluding hydrogens is 390 g/mol. The van der Waals surface area contributed by atoms with E-state index in [-0.39, 0.29) is 17.9 Å². The van der Waals surface area contributed by atoms with Crippen molar-refractivity contribution < 1.29 is 28.6 Å². The summed E-state index contributed by atoms with van der Waals surface area (Å²) in [4.78, 5) is 36.3. The second-order valence-electron chi connectivity index (χ2n) is 6.28. The number of amides is 3. The molecule has 0 aliphatic rings. The highest BCUT2D eigenvalue weighted by Crippen LogP contribution is 2.38. The van der Waals surface area contributed by atoms with Gasteiger partial charge in [0.1, 0.15) is 0 Å². The molecule has 2 aromatic carbocycles. The van der Waals surface area contributed by atoms with Crippen molar-refractivity contribution in [2.45, 2.75) is 19.4 Å². The molecule has 3 N–H and O–H groups in total. The number of hydrogen-bond acceptors (Lipinski definition) is 6. The molecule has 0 aliphatic carbocycles. The van der Waals surface area contributed by atoms with Crippen LogP contribution in [0.5, 0.6) is 17.2 Å². The van der Waals surface area contributed by atoms with E-state index in [4.69, 9.17) is 14.2 Å². The molecule has 0 aliphatic heterocycles. The molecule has 0 spiro atoms. The van der Waals surface area contributed by atoms with Crippen LogP contribution in [0.3, 0.4) is 0 Å². The molecule has 30 heavy (non-hydrogen) atoms. The first-order valence-corrected chi connectivity index (χ1v) is 9.10. The molecule has 0 aromatic heterocycles. The quantitative estimate of drug-likeness (QED) is 0.566. The van der Waals surface area contributed by atoms with Gasteiger partial charge in [0, 0.05) is 12.5 Å². The summed E-state index contributed by atoms with van der Waals surface area (Å²) in [6.07, 6.45) is -0.0564. The van der Waals surface area contributed by atoms with Gasteiger partial charge in [0.2, 0.25) is 17.6 Å². The number of nitrogens with one attached hydrogen (secondary N) is 3. The third kappa shape index (κ3) is 5.87. The van der Waals surface area contributed by atoms with Crippen LogP contribution in [0.15, 0.2) is 42.5 Å². The third-order valence-electron chi connectivity index (χ3n) is 4.21. The van der Waals surface area contributed by atoms with E-state index in [1.54, 1.807) is 0 Å². The SMILES string of the molecule is COc1cc(C(=O)NNC(=O)C[C@@H](NC(C)=O)c2ccccc2)cc(OC)c1OC. The monoisotopic (exact) mass is 415 g/mol. The topological polar surface area (TPSA) is 115 Å². The van der Waals surface area contributed by atoms with Crippen molar-refractivity contribution in [2.24, 2.45) is 0 Å². The van der Waals surface area contributed by atoms with Crippen molar-refractivity contribution in [3.05, 3.63) is 53.6 Å². The molecule has 0 saturated carbocycles. The summed E-state index contributed by atoms with van der Waals surface area (Å²) in [5, 5.41) is 2.73. The Morgan fingerprint density at radius 3 is 2.00 bits per heavy atom. The minimum Gasteiger partial charge on any atom is -0.493 e. The van der Waals surface area contributed by atoms with Crippen molar-refractivity contribution in [1.82, 2.24) is 16.2 Å². The molecule has 0 fully saturated rings. The van der Waals surface area contributed by atoms with Gasteiger partial charge in [-0.3, -0.25) is 25.2 Å². The second-order valence-corrected chi connectivity index (χ2v) is 6.28. The number of carbonyl (C=O) groups excluding carboxylic acids is 3. The highest BCUT2D eigenvalue weighted by Gasteiger charge is 2.19. The molecular formula is C21H25N3O6. The summed E-state index contributed by atoms with van der Waals surface area (Å²) >= 11 is 0.